The van der Waals surface area contributed by atoms with E-state index in [0.717, 1.165) is 55.4 Å². The van der Waals surface area contributed by atoms with Crippen molar-refractivity contribution < 1.29 is 0 Å². The van der Waals surface area contributed by atoms with E-state index in [2.05, 4.69) is 36.0 Å². The molecule has 2 aromatic heterocycles. The van der Waals surface area contributed by atoms with Gasteiger partial charge < -0.3 is 9.88 Å². The summed E-state index contributed by atoms with van der Waals surface area (Å²) in [6.45, 7) is 4.64. The number of fused-ring (bicyclic) bond motifs is 1. The molecule has 0 unspecified atom stereocenters. The zero-order valence-electron chi connectivity index (χ0n) is 12.6. The predicted octanol–water partition coefficient (Wildman–Crippen LogP) is 2.33. The first kappa shape index (κ1) is 14.4. The minimum Gasteiger partial charge on any atom is -0.353 e. The van der Waals surface area contributed by atoms with Crippen molar-refractivity contribution >= 4 is 28.5 Å². The van der Waals surface area contributed by atoms with Gasteiger partial charge in [0.05, 0.1) is 17.6 Å². The lowest BCUT2D eigenvalue weighted by Crippen LogP contribution is -2.46. The van der Waals surface area contributed by atoms with E-state index in [0.29, 0.717) is 5.15 Å². The van der Waals surface area contributed by atoms with Crippen LogP contribution in [0.5, 0.6) is 0 Å². The number of nitrogens with one attached hydrogen (secondary N) is 1. The summed E-state index contributed by atoms with van der Waals surface area (Å²) in [5, 5.41) is 8.49. The lowest BCUT2D eigenvalue weighted by atomic mass is 10.3. The Bertz CT molecular complexity index is 759. The first-order chi connectivity index (χ1) is 11.3. The van der Waals surface area contributed by atoms with Crippen molar-refractivity contribution in [2.45, 2.75) is 6.54 Å². The van der Waals surface area contributed by atoms with Gasteiger partial charge in [-0.05, 0) is 24.3 Å². The third kappa shape index (κ3) is 3.13. The van der Waals surface area contributed by atoms with E-state index in [1.807, 2.05) is 24.3 Å². The van der Waals surface area contributed by atoms with Crippen LogP contribution in [-0.4, -0.2) is 51.2 Å². The van der Waals surface area contributed by atoms with Crippen LogP contribution < -0.4 is 4.90 Å². The number of imidazole rings is 1. The molecular weight excluding hydrogens is 312 g/mol. The molecule has 1 aromatic carbocycles. The van der Waals surface area contributed by atoms with Crippen molar-refractivity contribution in [3.63, 3.8) is 0 Å². The molecule has 3 heterocycles. The Morgan fingerprint density at radius 1 is 1.00 bits per heavy atom. The Morgan fingerprint density at radius 3 is 2.57 bits per heavy atom. The zero-order valence-corrected chi connectivity index (χ0v) is 13.4. The maximum atomic E-state index is 5.79. The summed E-state index contributed by atoms with van der Waals surface area (Å²) in [6.07, 6.45) is 0. The summed E-state index contributed by atoms with van der Waals surface area (Å²) >= 11 is 5.79. The second kappa shape index (κ2) is 6.14. The normalized spacial score (nSPS) is 16.1. The summed E-state index contributed by atoms with van der Waals surface area (Å²) in [7, 11) is 0. The fraction of sp³-hybridized carbons (Fsp3) is 0.312. The maximum absolute atomic E-state index is 5.79. The molecule has 0 amide bonds. The van der Waals surface area contributed by atoms with Crippen LogP contribution in [0.15, 0.2) is 36.4 Å². The van der Waals surface area contributed by atoms with Crippen molar-refractivity contribution in [3.8, 4) is 0 Å². The van der Waals surface area contributed by atoms with Crippen LogP contribution in [0.2, 0.25) is 5.15 Å². The van der Waals surface area contributed by atoms with Crippen LogP contribution >= 0.6 is 11.6 Å². The molecule has 0 saturated carbocycles. The first-order valence-electron chi connectivity index (χ1n) is 7.68. The highest BCUT2D eigenvalue weighted by molar-refractivity contribution is 6.29. The highest BCUT2D eigenvalue weighted by Crippen LogP contribution is 2.16. The molecule has 4 rings (SSSR count). The van der Waals surface area contributed by atoms with Crippen LogP contribution in [0.25, 0.3) is 11.0 Å². The first-order valence-corrected chi connectivity index (χ1v) is 8.06. The molecule has 0 bridgehead atoms. The number of H-pyrrole nitrogens is 1. The summed E-state index contributed by atoms with van der Waals surface area (Å²) in [5.74, 6) is 1.91. The van der Waals surface area contributed by atoms with Gasteiger partial charge in [0.2, 0.25) is 0 Å². The van der Waals surface area contributed by atoms with Crippen LogP contribution in [0.1, 0.15) is 5.82 Å². The number of para-hydroxylation sites is 2. The fourth-order valence-corrected chi connectivity index (χ4v) is 3.01. The van der Waals surface area contributed by atoms with Gasteiger partial charge in [-0.25, -0.2) is 4.98 Å². The Labute approximate surface area is 139 Å². The van der Waals surface area contributed by atoms with Gasteiger partial charge in [0, 0.05) is 26.2 Å². The second-order valence-corrected chi connectivity index (χ2v) is 6.07. The van der Waals surface area contributed by atoms with Gasteiger partial charge in [-0.3, -0.25) is 4.90 Å². The number of anilines is 1. The largest absolute Gasteiger partial charge is 0.353 e. The quantitative estimate of drug-likeness (QED) is 0.799. The predicted molar refractivity (Wildman–Crippen MR) is 90.6 cm³/mol. The number of nitrogens with zero attached hydrogens (tertiary/aromatic N) is 5. The van der Waals surface area contributed by atoms with E-state index in [1.54, 1.807) is 6.07 Å². The molecular formula is C16H17ClN6. The topological polar surface area (TPSA) is 60.9 Å². The zero-order chi connectivity index (χ0) is 15.6. The van der Waals surface area contributed by atoms with Crippen molar-refractivity contribution in [2.24, 2.45) is 0 Å². The standard InChI is InChI=1S/C16H17ClN6/c17-14-5-6-16(21-20-14)23-9-7-22(8-10-23)11-15-18-12-3-1-2-4-13(12)19-15/h1-6H,7-11H2,(H,18,19). The number of rotatable bonds is 3. The van der Waals surface area contributed by atoms with E-state index in [-0.39, 0.29) is 0 Å². The van der Waals surface area contributed by atoms with E-state index in [9.17, 15) is 0 Å². The van der Waals surface area contributed by atoms with E-state index >= 15 is 0 Å². The van der Waals surface area contributed by atoms with Gasteiger partial charge in [-0.1, -0.05) is 23.7 Å². The lowest BCUT2D eigenvalue weighted by Gasteiger charge is -2.34. The average Bonchev–Trinajstić information content (AvgIpc) is 2.98. The molecule has 0 atom stereocenters. The summed E-state index contributed by atoms with van der Waals surface area (Å²) in [5.41, 5.74) is 2.12. The van der Waals surface area contributed by atoms with Crippen molar-refractivity contribution in [1.29, 1.82) is 0 Å². The van der Waals surface area contributed by atoms with Crippen LogP contribution in [0.3, 0.4) is 0 Å². The fourth-order valence-electron chi connectivity index (χ4n) is 2.91. The van der Waals surface area contributed by atoms with E-state index in [4.69, 9.17) is 11.6 Å². The molecule has 0 aliphatic carbocycles. The molecule has 1 saturated heterocycles. The number of halogens is 1. The number of hydrogen-bond acceptors (Lipinski definition) is 5. The van der Waals surface area contributed by atoms with Gasteiger partial charge in [0.1, 0.15) is 5.82 Å². The SMILES string of the molecule is Clc1ccc(N2CCN(Cc3nc4ccccc4[nH]3)CC2)nn1. The smallest absolute Gasteiger partial charge is 0.151 e. The van der Waals surface area contributed by atoms with Crippen molar-refractivity contribution in [2.75, 3.05) is 31.1 Å². The van der Waals surface area contributed by atoms with Gasteiger partial charge in [-0.15, -0.1) is 10.2 Å². The molecule has 23 heavy (non-hydrogen) atoms. The van der Waals surface area contributed by atoms with Gasteiger partial charge in [-0.2, -0.15) is 0 Å². The third-order valence-corrected chi connectivity index (χ3v) is 4.33. The van der Waals surface area contributed by atoms with E-state index in [1.165, 1.54) is 0 Å². The minimum atomic E-state index is 0.428. The summed E-state index contributed by atoms with van der Waals surface area (Å²) in [6, 6.07) is 11.8. The monoisotopic (exact) mass is 328 g/mol. The Kier molecular flexibility index (Phi) is 3.85. The number of hydrogen-bond donors (Lipinski definition) is 1. The van der Waals surface area contributed by atoms with Crippen LogP contribution in [0.4, 0.5) is 5.82 Å². The van der Waals surface area contributed by atoms with Crippen LogP contribution in [0, 0.1) is 0 Å². The third-order valence-electron chi connectivity index (χ3n) is 4.13. The molecule has 6 nitrogen and oxygen atoms in total. The van der Waals surface area contributed by atoms with Crippen LogP contribution in [-0.2, 0) is 6.54 Å². The maximum Gasteiger partial charge on any atom is 0.151 e. The van der Waals surface area contributed by atoms with Gasteiger partial charge in [0.25, 0.3) is 0 Å². The molecule has 1 fully saturated rings. The van der Waals surface area contributed by atoms with E-state index < -0.39 is 0 Å². The van der Waals surface area contributed by atoms with Gasteiger partial charge >= 0.3 is 0 Å². The number of aromatic nitrogens is 4. The number of piperazine rings is 1. The molecule has 1 aliphatic rings. The molecule has 0 spiro atoms. The Balaban J connectivity index is 1.38. The number of benzene rings is 1. The lowest BCUT2D eigenvalue weighted by molar-refractivity contribution is 0.244. The highest BCUT2D eigenvalue weighted by Gasteiger charge is 2.19. The summed E-state index contributed by atoms with van der Waals surface area (Å²) < 4.78 is 0. The highest BCUT2D eigenvalue weighted by atomic mass is 35.5. The Hall–Kier alpha value is -2.18. The number of aromatic amines is 1. The Morgan fingerprint density at radius 2 is 1.83 bits per heavy atom. The molecule has 1 aliphatic heterocycles. The molecule has 3 aromatic rings. The molecule has 0 radical (unpaired) electrons. The van der Waals surface area contributed by atoms with Gasteiger partial charge in [0.15, 0.2) is 11.0 Å². The van der Waals surface area contributed by atoms with Crippen molar-refractivity contribution in [3.05, 3.63) is 47.4 Å². The van der Waals surface area contributed by atoms with Crippen molar-refractivity contribution in [1.82, 2.24) is 25.1 Å². The summed E-state index contributed by atoms with van der Waals surface area (Å²) in [4.78, 5) is 12.7. The average molecular weight is 329 g/mol. The minimum absolute atomic E-state index is 0.428. The second-order valence-electron chi connectivity index (χ2n) is 5.68. The molecule has 118 valence electrons. The molecule has 7 heteroatoms. The molecule has 1 N–H and O–H groups in total.